The molecule has 0 amide bonds. The van der Waals surface area contributed by atoms with Gasteiger partial charge in [0, 0.05) is 11.1 Å². The Labute approximate surface area is 175 Å². The predicted octanol–water partition coefficient (Wildman–Crippen LogP) is 4.43. The van der Waals surface area contributed by atoms with E-state index in [-0.39, 0.29) is 12.1 Å². The van der Waals surface area contributed by atoms with Crippen molar-refractivity contribution in [1.29, 1.82) is 5.26 Å². The number of aromatic nitrogens is 2. The number of hydrogen-bond donors (Lipinski definition) is 1. The molecule has 3 aromatic rings. The summed E-state index contributed by atoms with van der Waals surface area (Å²) in [6, 6.07) is 13.6. The van der Waals surface area contributed by atoms with Crippen LogP contribution in [-0.4, -0.2) is 22.1 Å². The van der Waals surface area contributed by atoms with Crippen LogP contribution < -0.4 is 10.5 Å². The molecule has 7 heteroatoms. The van der Waals surface area contributed by atoms with E-state index in [1.807, 2.05) is 32.0 Å². The molecule has 1 aromatic heterocycles. The molecule has 1 aliphatic rings. The summed E-state index contributed by atoms with van der Waals surface area (Å²) in [5.74, 6) is 2.01. The van der Waals surface area contributed by atoms with Crippen LogP contribution in [0.1, 0.15) is 49.9 Å². The van der Waals surface area contributed by atoms with Crippen LogP contribution in [0.3, 0.4) is 0 Å². The SMILES string of the molecule is CC(N)=N[C@H]1CCc2c(-c3noc(-c4ccc(OC(C)C)c(C#N)c4)n3)cccc21. The van der Waals surface area contributed by atoms with Crippen LogP contribution in [0.4, 0.5) is 0 Å². The summed E-state index contributed by atoms with van der Waals surface area (Å²) in [5.41, 5.74) is 10.2. The molecule has 0 unspecified atom stereocenters. The molecule has 2 aromatic carbocycles. The molecular weight excluding hydrogens is 378 g/mol. The van der Waals surface area contributed by atoms with E-state index < -0.39 is 0 Å². The van der Waals surface area contributed by atoms with Crippen LogP contribution in [0.2, 0.25) is 0 Å². The van der Waals surface area contributed by atoms with Crippen molar-refractivity contribution >= 4 is 5.84 Å². The van der Waals surface area contributed by atoms with Gasteiger partial charge in [0.25, 0.3) is 5.89 Å². The van der Waals surface area contributed by atoms with Gasteiger partial charge in [0.15, 0.2) is 0 Å². The molecule has 1 atom stereocenters. The molecule has 1 heterocycles. The molecule has 0 saturated carbocycles. The number of rotatable bonds is 5. The van der Waals surface area contributed by atoms with E-state index in [1.165, 1.54) is 5.56 Å². The third-order valence-electron chi connectivity index (χ3n) is 4.98. The lowest BCUT2D eigenvalue weighted by Gasteiger charge is -2.11. The van der Waals surface area contributed by atoms with Crippen molar-refractivity contribution in [3.8, 4) is 34.7 Å². The zero-order chi connectivity index (χ0) is 21.3. The second-order valence-corrected chi connectivity index (χ2v) is 7.61. The molecule has 0 radical (unpaired) electrons. The number of nitriles is 1. The fourth-order valence-corrected chi connectivity index (χ4v) is 3.78. The Morgan fingerprint density at radius 3 is 2.90 bits per heavy atom. The third-order valence-corrected chi connectivity index (χ3v) is 4.98. The largest absolute Gasteiger partial charge is 0.490 e. The highest BCUT2D eigenvalue weighted by Crippen LogP contribution is 2.39. The first-order chi connectivity index (χ1) is 14.5. The second kappa shape index (κ2) is 7.99. The smallest absolute Gasteiger partial charge is 0.258 e. The number of fused-ring (bicyclic) bond motifs is 1. The van der Waals surface area contributed by atoms with Gasteiger partial charge in [-0.3, -0.25) is 4.99 Å². The van der Waals surface area contributed by atoms with Gasteiger partial charge in [-0.05, 0) is 62.9 Å². The second-order valence-electron chi connectivity index (χ2n) is 7.61. The van der Waals surface area contributed by atoms with E-state index in [0.717, 1.165) is 24.0 Å². The van der Waals surface area contributed by atoms with Gasteiger partial charge >= 0.3 is 0 Å². The summed E-state index contributed by atoms with van der Waals surface area (Å²) in [5, 5.41) is 13.7. The minimum absolute atomic E-state index is 0.0191. The first-order valence-electron chi connectivity index (χ1n) is 9.93. The predicted molar refractivity (Wildman–Crippen MR) is 114 cm³/mol. The van der Waals surface area contributed by atoms with Crippen molar-refractivity contribution in [2.45, 2.75) is 45.8 Å². The molecule has 7 nitrogen and oxygen atoms in total. The molecule has 0 aliphatic heterocycles. The summed E-state index contributed by atoms with van der Waals surface area (Å²) < 4.78 is 11.2. The van der Waals surface area contributed by atoms with Crippen LogP contribution in [0.25, 0.3) is 22.8 Å². The standard InChI is InChI=1S/C23H23N5O2/c1-13(2)29-21-10-7-15(11-16(21)12-24)23-27-22(28-30-23)19-6-4-5-18-17(19)8-9-20(18)26-14(3)25/h4-7,10-11,13,20H,8-9H2,1-3H3,(H2,25,26)/t20-/m0/s1. The van der Waals surface area contributed by atoms with Gasteiger partial charge in [-0.1, -0.05) is 23.4 Å². The Hall–Kier alpha value is -3.66. The average molecular weight is 401 g/mol. The number of amidine groups is 1. The maximum Gasteiger partial charge on any atom is 0.258 e. The van der Waals surface area contributed by atoms with Gasteiger partial charge in [-0.2, -0.15) is 10.2 Å². The van der Waals surface area contributed by atoms with Crippen molar-refractivity contribution in [3.63, 3.8) is 0 Å². The number of nitrogens with two attached hydrogens (primary N) is 1. The van der Waals surface area contributed by atoms with Crippen molar-refractivity contribution in [3.05, 3.63) is 53.1 Å². The lowest BCUT2D eigenvalue weighted by atomic mass is 10.0. The van der Waals surface area contributed by atoms with E-state index in [2.05, 4.69) is 27.3 Å². The van der Waals surface area contributed by atoms with Gasteiger partial charge < -0.3 is 15.0 Å². The maximum absolute atomic E-state index is 9.46. The Kier molecular flexibility index (Phi) is 5.23. The number of benzene rings is 2. The molecule has 0 fully saturated rings. The molecule has 0 saturated heterocycles. The Balaban J connectivity index is 1.67. The van der Waals surface area contributed by atoms with Gasteiger partial charge in [-0.25, -0.2) is 0 Å². The Bertz CT molecular complexity index is 1150. The van der Waals surface area contributed by atoms with E-state index in [0.29, 0.717) is 34.4 Å². The van der Waals surface area contributed by atoms with Crippen molar-refractivity contribution in [1.82, 2.24) is 10.1 Å². The van der Waals surface area contributed by atoms with Gasteiger partial charge in [0.05, 0.1) is 23.5 Å². The Morgan fingerprint density at radius 1 is 1.33 bits per heavy atom. The lowest BCUT2D eigenvalue weighted by molar-refractivity contribution is 0.241. The van der Waals surface area contributed by atoms with Gasteiger partial charge in [0.1, 0.15) is 11.8 Å². The van der Waals surface area contributed by atoms with E-state index in [4.69, 9.17) is 15.0 Å². The van der Waals surface area contributed by atoms with Gasteiger partial charge in [-0.15, -0.1) is 0 Å². The monoisotopic (exact) mass is 401 g/mol. The number of hydrogen-bond acceptors (Lipinski definition) is 6. The Morgan fingerprint density at radius 2 is 2.17 bits per heavy atom. The summed E-state index contributed by atoms with van der Waals surface area (Å²) >= 11 is 0. The quantitative estimate of drug-likeness (QED) is 0.500. The molecule has 0 spiro atoms. The van der Waals surface area contributed by atoms with E-state index in [9.17, 15) is 5.26 Å². The van der Waals surface area contributed by atoms with Gasteiger partial charge in [0.2, 0.25) is 5.82 Å². The molecule has 2 N–H and O–H groups in total. The lowest BCUT2D eigenvalue weighted by Crippen LogP contribution is -2.07. The maximum atomic E-state index is 9.46. The normalized spacial score (nSPS) is 15.8. The fourth-order valence-electron chi connectivity index (χ4n) is 3.78. The number of nitrogens with zero attached hydrogens (tertiary/aromatic N) is 4. The van der Waals surface area contributed by atoms with Crippen LogP contribution in [0, 0.1) is 11.3 Å². The summed E-state index contributed by atoms with van der Waals surface area (Å²) in [7, 11) is 0. The van der Waals surface area contributed by atoms with Crippen molar-refractivity contribution in [2.24, 2.45) is 10.7 Å². The molecule has 4 rings (SSSR count). The van der Waals surface area contributed by atoms with Crippen LogP contribution >= 0.6 is 0 Å². The highest BCUT2D eigenvalue weighted by atomic mass is 16.5. The molecule has 0 bridgehead atoms. The average Bonchev–Trinajstić information content (AvgIpc) is 3.35. The summed E-state index contributed by atoms with van der Waals surface area (Å²) in [4.78, 5) is 9.13. The third kappa shape index (κ3) is 3.77. The zero-order valence-corrected chi connectivity index (χ0v) is 17.2. The number of aliphatic imine (C=N–C) groups is 1. The van der Waals surface area contributed by atoms with Crippen LogP contribution in [-0.2, 0) is 6.42 Å². The molecular formula is C23H23N5O2. The highest BCUT2D eigenvalue weighted by Gasteiger charge is 2.26. The highest BCUT2D eigenvalue weighted by molar-refractivity contribution is 5.78. The summed E-state index contributed by atoms with van der Waals surface area (Å²) in [6.45, 7) is 5.64. The van der Waals surface area contributed by atoms with Crippen LogP contribution in [0.5, 0.6) is 5.75 Å². The molecule has 1 aliphatic carbocycles. The first kappa shape index (κ1) is 19.6. The van der Waals surface area contributed by atoms with E-state index >= 15 is 0 Å². The number of ether oxygens (including phenoxy) is 1. The topological polar surface area (TPSA) is 110 Å². The van der Waals surface area contributed by atoms with Crippen molar-refractivity contribution < 1.29 is 9.26 Å². The molecule has 152 valence electrons. The minimum Gasteiger partial charge on any atom is -0.490 e. The van der Waals surface area contributed by atoms with Crippen molar-refractivity contribution in [2.75, 3.05) is 0 Å². The first-order valence-corrected chi connectivity index (χ1v) is 9.93. The zero-order valence-electron chi connectivity index (χ0n) is 17.2. The van der Waals surface area contributed by atoms with E-state index in [1.54, 1.807) is 19.1 Å². The summed E-state index contributed by atoms with van der Waals surface area (Å²) in [6.07, 6.45) is 1.78. The fraction of sp³-hybridized carbons (Fsp3) is 0.304. The minimum atomic E-state index is -0.0191. The van der Waals surface area contributed by atoms with Crippen LogP contribution in [0.15, 0.2) is 45.9 Å². The molecule has 30 heavy (non-hydrogen) atoms.